The van der Waals surface area contributed by atoms with Gasteiger partial charge in [0.15, 0.2) is 0 Å². The number of aromatic nitrogens is 4. The predicted molar refractivity (Wildman–Crippen MR) is 197 cm³/mol. The topological polar surface area (TPSA) is 97.3 Å². The number of rotatable bonds is 15. The first-order valence-electron chi connectivity index (χ1n) is 17.5. The van der Waals surface area contributed by atoms with Gasteiger partial charge in [-0.1, -0.05) is 0 Å². The molecule has 3 heterocycles. The second-order valence-electron chi connectivity index (χ2n) is 16.5. The van der Waals surface area contributed by atoms with Crippen LogP contribution in [0.5, 0.6) is 0 Å². The Morgan fingerprint density at radius 1 is 0.844 bits per heavy atom. The van der Waals surface area contributed by atoms with Gasteiger partial charge in [0.25, 0.3) is 0 Å². The number of imidazole rings is 1. The molecule has 256 valence electrons. The molecule has 0 amide bonds. The molecule has 0 radical (unpaired) electrons. The summed E-state index contributed by atoms with van der Waals surface area (Å²) in [5, 5.41) is 0.0512. The molecule has 11 heteroatoms. The molecule has 2 aromatic rings. The summed E-state index contributed by atoms with van der Waals surface area (Å²) in [5.41, 5.74) is 7.52. The summed E-state index contributed by atoms with van der Waals surface area (Å²) >= 11 is -2.83. The minimum absolute atomic E-state index is 0.0154. The van der Waals surface area contributed by atoms with Gasteiger partial charge in [0.05, 0.1) is 0 Å². The van der Waals surface area contributed by atoms with E-state index in [0.717, 1.165) is 5.76 Å². The first kappa shape index (κ1) is 38.5. The molecule has 1 saturated heterocycles. The van der Waals surface area contributed by atoms with Crippen LogP contribution in [0.2, 0.25) is 49.6 Å². The maximum atomic E-state index is 7.46. The van der Waals surface area contributed by atoms with Gasteiger partial charge in [-0.25, -0.2) is 0 Å². The monoisotopic (exact) mass is 767 g/mol. The molecule has 45 heavy (non-hydrogen) atoms. The summed E-state index contributed by atoms with van der Waals surface area (Å²) in [7, 11) is -4.50. The number of anilines is 1. The number of unbranched alkanes of at least 4 members (excludes halogenated alkanes) is 3. The zero-order valence-corrected chi connectivity index (χ0v) is 35.8. The van der Waals surface area contributed by atoms with Gasteiger partial charge in [0.1, 0.15) is 0 Å². The fourth-order valence-corrected chi connectivity index (χ4v) is 23.0. The van der Waals surface area contributed by atoms with Crippen LogP contribution in [0, 0.1) is 0 Å². The van der Waals surface area contributed by atoms with E-state index in [4.69, 9.17) is 19.3 Å². The Bertz CT molecular complexity index is 1260. The van der Waals surface area contributed by atoms with E-state index in [0.29, 0.717) is 17.0 Å². The summed E-state index contributed by atoms with van der Waals surface area (Å²) in [6, 6.07) is 0. The van der Waals surface area contributed by atoms with Gasteiger partial charge in [-0.05, 0) is 0 Å². The molecule has 3 rings (SSSR count). The number of ether oxygens (including phenoxy) is 1. The van der Waals surface area contributed by atoms with Crippen molar-refractivity contribution in [3.05, 3.63) is 22.5 Å². The Labute approximate surface area is 280 Å². The fraction of sp³-hybridized carbons (Fsp3) is 0.794. The van der Waals surface area contributed by atoms with Crippen molar-refractivity contribution in [3.8, 4) is 0 Å². The van der Waals surface area contributed by atoms with Gasteiger partial charge in [-0.15, -0.1) is 0 Å². The van der Waals surface area contributed by atoms with E-state index >= 15 is 0 Å². The second kappa shape index (κ2) is 15.1. The summed E-state index contributed by atoms with van der Waals surface area (Å²) < 4.78 is 30.9. The normalized spacial score (nSPS) is 21.2. The standard InChI is InChI=1S/C22H38N5O3Si2.3C4H9.Sn/c1-14-16(29-31(8,9)21(2,3)4)17(30-32(10,11)22(5,6)7)20(28-14)27-13-26-15-18(23)24-12-25-19(15)27;3*1-3-4-2;/h1,12-13,16-17,20H,2-11H3,(H2,23,24,25);3*1,3-4H2,2H3;/t16-,17-,20?;;;;/m1..../s1. The van der Waals surface area contributed by atoms with E-state index in [-0.39, 0.29) is 22.3 Å². The molecule has 0 aromatic carbocycles. The third-order valence-electron chi connectivity index (χ3n) is 10.8. The summed E-state index contributed by atoms with van der Waals surface area (Å²) in [6.45, 7) is 30.2. The molecule has 1 aliphatic rings. The van der Waals surface area contributed by atoms with Gasteiger partial charge >= 0.3 is 282 Å². The zero-order chi connectivity index (χ0) is 33.8. The molecular weight excluding hydrogens is 701 g/mol. The van der Waals surface area contributed by atoms with Crippen molar-refractivity contribution >= 4 is 52.0 Å². The van der Waals surface area contributed by atoms with Gasteiger partial charge in [0.2, 0.25) is 0 Å². The number of nitrogens with two attached hydrogens (primary N) is 1. The van der Waals surface area contributed by atoms with Crippen LogP contribution in [0.1, 0.15) is 107 Å². The molecule has 1 fully saturated rings. The molecule has 1 unspecified atom stereocenters. The Morgan fingerprint density at radius 2 is 1.36 bits per heavy atom. The third-order valence-corrected chi connectivity index (χ3v) is 33.8. The Balaban J connectivity index is 2.31. The number of fused-ring (bicyclic) bond motifs is 1. The molecule has 0 spiro atoms. The summed E-state index contributed by atoms with van der Waals surface area (Å²) in [6.07, 6.45) is 9.77. The number of hydrogen-bond acceptors (Lipinski definition) is 7. The van der Waals surface area contributed by atoms with Gasteiger partial charge in [-0.2, -0.15) is 0 Å². The van der Waals surface area contributed by atoms with Crippen molar-refractivity contribution in [2.45, 2.75) is 169 Å². The average Bonchev–Trinajstić information content (AvgIpc) is 3.50. The number of nitrogens with zero attached hydrogens (tertiary/aromatic N) is 4. The summed E-state index contributed by atoms with van der Waals surface area (Å²) in [5.74, 6) is 1.38. The SMILES string of the molecule is CCC[CH2][Sn](/[CH]=C1\OC(n2cnc3c(N)ncnc32)[C@H](O[Si](C)(C)C(C)(C)C)[C@@H]1O[Si](C)(C)C(C)(C)C)([CH2]CCC)[CH2]CCC. The Morgan fingerprint density at radius 3 is 1.84 bits per heavy atom. The molecule has 0 bridgehead atoms. The molecule has 2 N–H and O–H groups in total. The van der Waals surface area contributed by atoms with Crippen molar-refractivity contribution in [3.63, 3.8) is 0 Å². The third kappa shape index (κ3) is 8.94. The van der Waals surface area contributed by atoms with E-state index in [9.17, 15) is 0 Å². The second-order valence-corrected chi connectivity index (χ2v) is 38.8. The van der Waals surface area contributed by atoms with Crippen LogP contribution in [-0.4, -0.2) is 66.7 Å². The molecular formula is C34H65N5O3Si2Sn. The van der Waals surface area contributed by atoms with Crippen LogP contribution in [0.15, 0.2) is 22.5 Å². The van der Waals surface area contributed by atoms with Crippen molar-refractivity contribution in [1.82, 2.24) is 19.5 Å². The molecule has 1 aliphatic heterocycles. The molecule has 3 atom stereocenters. The zero-order valence-electron chi connectivity index (χ0n) is 30.9. The minimum atomic E-state index is -2.83. The van der Waals surface area contributed by atoms with Gasteiger partial charge in [0, 0.05) is 0 Å². The van der Waals surface area contributed by atoms with E-state index in [1.54, 1.807) is 6.33 Å². The molecule has 2 aromatic heterocycles. The van der Waals surface area contributed by atoms with Crippen molar-refractivity contribution < 1.29 is 13.6 Å². The predicted octanol–water partition coefficient (Wildman–Crippen LogP) is 9.99. The quantitative estimate of drug-likeness (QED) is 0.180. The van der Waals surface area contributed by atoms with Crippen LogP contribution in [0.4, 0.5) is 5.82 Å². The molecule has 0 saturated carbocycles. The van der Waals surface area contributed by atoms with Crippen LogP contribution >= 0.6 is 0 Å². The van der Waals surface area contributed by atoms with Gasteiger partial charge < -0.3 is 0 Å². The first-order valence-corrected chi connectivity index (χ1v) is 31.0. The van der Waals surface area contributed by atoms with Crippen LogP contribution in [0.3, 0.4) is 0 Å². The average molecular weight is 767 g/mol. The summed E-state index contributed by atoms with van der Waals surface area (Å²) in [4.78, 5) is 13.5. The van der Waals surface area contributed by atoms with E-state index in [2.05, 4.69) is 108 Å². The van der Waals surface area contributed by atoms with Crippen LogP contribution in [-0.2, 0) is 13.6 Å². The number of hydrogen-bond donors (Lipinski definition) is 1. The van der Waals surface area contributed by atoms with Crippen molar-refractivity contribution in [2.75, 3.05) is 5.73 Å². The fourth-order valence-electron chi connectivity index (χ4n) is 5.71. The van der Waals surface area contributed by atoms with Gasteiger partial charge in [-0.3, -0.25) is 0 Å². The van der Waals surface area contributed by atoms with E-state index in [1.165, 1.54) is 58.2 Å². The van der Waals surface area contributed by atoms with Crippen molar-refractivity contribution in [2.24, 2.45) is 0 Å². The van der Waals surface area contributed by atoms with E-state index in [1.807, 2.05) is 4.57 Å². The number of nitrogen functional groups attached to an aromatic ring is 1. The Hall–Kier alpha value is -0.958. The van der Waals surface area contributed by atoms with Crippen molar-refractivity contribution in [1.29, 1.82) is 0 Å². The van der Waals surface area contributed by atoms with E-state index < -0.39 is 41.2 Å². The molecule has 8 nitrogen and oxygen atoms in total. The maximum absolute atomic E-state index is 7.46. The first-order chi connectivity index (χ1) is 20.8. The molecule has 0 aliphatic carbocycles. The van der Waals surface area contributed by atoms with Crippen LogP contribution in [0.25, 0.3) is 11.2 Å². The van der Waals surface area contributed by atoms with Crippen LogP contribution < -0.4 is 5.73 Å². The Kier molecular flexibility index (Phi) is 12.9.